The van der Waals surface area contributed by atoms with Crippen LogP contribution < -0.4 is 5.32 Å². The summed E-state index contributed by atoms with van der Waals surface area (Å²) in [5, 5.41) is 14.9. The number of carbonyl (C=O) groups excluding carboxylic acids is 1. The van der Waals surface area contributed by atoms with Crippen LogP contribution in [0.2, 0.25) is 0 Å². The van der Waals surface area contributed by atoms with Gasteiger partial charge in [-0.25, -0.2) is 0 Å². The fourth-order valence-corrected chi connectivity index (χ4v) is 4.95. The van der Waals surface area contributed by atoms with Crippen molar-refractivity contribution in [2.75, 3.05) is 12.3 Å². The summed E-state index contributed by atoms with van der Waals surface area (Å²) in [5.41, 5.74) is 2.23. The van der Waals surface area contributed by atoms with Crippen LogP contribution in [-0.4, -0.2) is 29.4 Å². The second kappa shape index (κ2) is 7.31. The Morgan fingerprint density at radius 2 is 2.14 bits per heavy atom. The number of nitrogens with one attached hydrogen (secondary N) is 1. The molecule has 0 aliphatic carbocycles. The number of benzene rings is 1. The predicted octanol–water partition coefficient (Wildman–Crippen LogP) is 2.80. The Hall–Kier alpha value is -1.30. The molecule has 1 aromatic carbocycles. The molecular weight excluding hydrogens is 314 g/mol. The molecule has 2 N–H and O–H groups in total. The second-order valence-electron chi connectivity index (χ2n) is 5.39. The van der Waals surface area contributed by atoms with Crippen LogP contribution >= 0.6 is 23.1 Å². The summed E-state index contributed by atoms with van der Waals surface area (Å²) >= 11 is 3.42. The smallest absolute Gasteiger partial charge is 0.237 e. The molecule has 1 aliphatic rings. The maximum Gasteiger partial charge on any atom is 0.237 e. The quantitative estimate of drug-likeness (QED) is 0.884. The van der Waals surface area contributed by atoms with E-state index in [1.54, 1.807) is 23.1 Å². The first-order valence-corrected chi connectivity index (χ1v) is 9.34. The Kier molecular flexibility index (Phi) is 5.18. The van der Waals surface area contributed by atoms with E-state index in [0.717, 1.165) is 23.3 Å². The van der Waals surface area contributed by atoms with Crippen molar-refractivity contribution in [3.8, 4) is 0 Å². The fraction of sp³-hybridized carbons (Fsp3) is 0.353. The van der Waals surface area contributed by atoms with Crippen LogP contribution in [0.3, 0.4) is 0 Å². The van der Waals surface area contributed by atoms with Gasteiger partial charge in [-0.1, -0.05) is 30.3 Å². The molecule has 0 fully saturated rings. The number of aryl methyl sites for hydroxylation is 1. The fourth-order valence-electron chi connectivity index (χ4n) is 2.63. The summed E-state index contributed by atoms with van der Waals surface area (Å²) in [6, 6.07) is 11.9. The zero-order chi connectivity index (χ0) is 15.4. The number of rotatable bonds is 5. The third kappa shape index (κ3) is 3.72. The average Bonchev–Trinajstić information content (AvgIpc) is 3.02. The van der Waals surface area contributed by atoms with Crippen LogP contribution in [0.5, 0.6) is 0 Å². The van der Waals surface area contributed by atoms with Crippen LogP contribution in [0.1, 0.15) is 21.3 Å². The molecule has 1 amide bonds. The van der Waals surface area contributed by atoms with E-state index >= 15 is 0 Å². The van der Waals surface area contributed by atoms with Gasteiger partial charge in [0, 0.05) is 17.8 Å². The first-order chi connectivity index (χ1) is 10.7. The average molecular weight is 333 g/mol. The predicted molar refractivity (Wildman–Crippen MR) is 92.4 cm³/mol. The van der Waals surface area contributed by atoms with Crippen molar-refractivity contribution in [1.29, 1.82) is 0 Å². The second-order valence-corrected chi connectivity index (χ2v) is 7.60. The van der Waals surface area contributed by atoms with Crippen molar-refractivity contribution in [2.24, 2.45) is 0 Å². The zero-order valence-electron chi connectivity index (χ0n) is 12.2. The Morgan fingerprint density at radius 3 is 2.95 bits per heavy atom. The van der Waals surface area contributed by atoms with Gasteiger partial charge in [-0.15, -0.1) is 23.1 Å². The SMILES string of the molecule is O=C(NC[C@H](O)Cc1ccccc1)[C@@H]1SCCc2sccc21. The van der Waals surface area contributed by atoms with Crippen LogP contribution in [0.15, 0.2) is 41.8 Å². The molecule has 0 spiro atoms. The molecule has 2 heterocycles. The van der Waals surface area contributed by atoms with Gasteiger partial charge in [0.25, 0.3) is 0 Å². The van der Waals surface area contributed by atoms with E-state index in [1.165, 1.54) is 4.88 Å². The van der Waals surface area contributed by atoms with Crippen LogP contribution in [0, 0.1) is 0 Å². The highest BCUT2D eigenvalue weighted by atomic mass is 32.2. The summed E-state index contributed by atoms with van der Waals surface area (Å²) in [5.74, 6) is 0.995. The van der Waals surface area contributed by atoms with E-state index < -0.39 is 6.10 Å². The molecule has 2 atom stereocenters. The first kappa shape index (κ1) is 15.6. The summed E-state index contributed by atoms with van der Waals surface area (Å²) in [4.78, 5) is 13.7. The number of carbonyl (C=O) groups is 1. The number of thioether (sulfide) groups is 1. The van der Waals surface area contributed by atoms with Crippen molar-refractivity contribution in [3.63, 3.8) is 0 Å². The third-order valence-corrected chi connectivity index (χ3v) is 5.98. The molecule has 0 bridgehead atoms. The summed E-state index contributed by atoms with van der Waals surface area (Å²) in [6.07, 6.45) is 1.06. The number of hydrogen-bond donors (Lipinski definition) is 2. The molecule has 3 nitrogen and oxygen atoms in total. The lowest BCUT2D eigenvalue weighted by Crippen LogP contribution is -2.36. The number of thiophene rings is 1. The van der Waals surface area contributed by atoms with Crippen molar-refractivity contribution in [3.05, 3.63) is 57.8 Å². The molecule has 1 aromatic heterocycles. The van der Waals surface area contributed by atoms with Gasteiger partial charge < -0.3 is 10.4 Å². The van der Waals surface area contributed by atoms with Crippen molar-refractivity contribution in [1.82, 2.24) is 5.32 Å². The lowest BCUT2D eigenvalue weighted by Gasteiger charge is -2.22. The van der Waals surface area contributed by atoms with Gasteiger partial charge in [-0.05, 0) is 34.7 Å². The minimum absolute atomic E-state index is 0.0106. The molecule has 2 aromatic rings. The molecular formula is C17H19NO2S2. The molecule has 0 radical (unpaired) electrons. The van der Waals surface area contributed by atoms with Crippen molar-refractivity contribution >= 4 is 29.0 Å². The number of hydrogen-bond acceptors (Lipinski definition) is 4. The standard InChI is InChI=1S/C17H19NO2S2/c19-13(10-12-4-2-1-3-5-12)11-18-17(20)16-14-6-8-21-15(14)7-9-22-16/h1-6,8,13,16,19H,7,9-11H2,(H,18,20)/t13-,16-/m1/s1. The van der Waals surface area contributed by atoms with Crippen molar-refractivity contribution in [2.45, 2.75) is 24.2 Å². The Labute approximate surface area is 138 Å². The zero-order valence-corrected chi connectivity index (χ0v) is 13.8. The minimum atomic E-state index is -0.554. The highest BCUT2D eigenvalue weighted by Crippen LogP contribution is 2.39. The molecule has 22 heavy (non-hydrogen) atoms. The van der Waals surface area contributed by atoms with Gasteiger partial charge >= 0.3 is 0 Å². The highest BCUT2D eigenvalue weighted by Gasteiger charge is 2.28. The molecule has 0 unspecified atom stereocenters. The molecule has 0 saturated heterocycles. The molecule has 0 saturated carbocycles. The lowest BCUT2D eigenvalue weighted by atomic mass is 10.1. The molecule has 5 heteroatoms. The normalized spacial score (nSPS) is 18.5. The third-order valence-electron chi connectivity index (χ3n) is 3.74. The van der Waals surface area contributed by atoms with E-state index in [0.29, 0.717) is 13.0 Å². The maximum absolute atomic E-state index is 12.4. The Morgan fingerprint density at radius 1 is 1.32 bits per heavy atom. The molecule has 116 valence electrons. The number of aliphatic hydroxyl groups excluding tert-OH is 1. The van der Waals surface area contributed by atoms with E-state index in [2.05, 4.69) is 16.8 Å². The van der Waals surface area contributed by atoms with E-state index in [-0.39, 0.29) is 11.2 Å². The maximum atomic E-state index is 12.4. The van der Waals surface area contributed by atoms with E-state index in [1.807, 2.05) is 30.3 Å². The number of aliphatic hydroxyl groups is 1. The topological polar surface area (TPSA) is 49.3 Å². The Bertz CT molecular complexity index is 627. The van der Waals surface area contributed by atoms with Gasteiger partial charge in [0.15, 0.2) is 0 Å². The van der Waals surface area contributed by atoms with Gasteiger partial charge in [-0.3, -0.25) is 4.79 Å². The van der Waals surface area contributed by atoms with Crippen LogP contribution in [-0.2, 0) is 17.6 Å². The summed E-state index contributed by atoms with van der Waals surface area (Å²) in [7, 11) is 0. The molecule has 3 rings (SSSR count). The Balaban J connectivity index is 1.53. The highest BCUT2D eigenvalue weighted by molar-refractivity contribution is 8.00. The monoisotopic (exact) mass is 333 g/mol. The number of fused-ring (bicyclic) bond motifs is 1. The van der Waals surface area contributed by atoms with Gasteiger partial charge in [-0.2, -0.15) is 0 Å². The van der Waals surface area contributed by atoms with E-state index in [4.69, 9.17) is 0 Å². The largest absolute Gasteiger partial charge is 0.391 e. The number of amides is 1. The summed E-state index contributed by atoms with van der Waals surface area (Å²) in [6.45, 7) is 0.296. The first-order valence-electron chi connectivity index (χ1n) is 7.41. The van der Waals surface area contributed by atoms with E-state index in [9.17, 15) is 9.90 Å². The van der Waals surface area contributed by atoms with Crippen LogP contribution in [0.4, 0.5) is 0 Å². The minimum Gasteiger partial charge on any atom is -0.391 e. The molecule has 1 aliphatic heterocycles. The van der Waals surface area contributed by atoms with Crippen LogP contribution in [0.25, 0.3) is 0 Å². The van der Waals surface area contributed by atoms with Gasteiger partial charge in [0.2, 0.25) is 5.91 Å². The summed E-state index contributed by atoms with van der Waals surface area (Å²) < 4.78 is 0. The van der Waals surface area contributed by atoms with Gasteiger partial charge in [0.1, 0.15) is 5.25 Å². The van der Waals surface area contributed by atoms with Gasteiger partial charge in [0.05, 0.1) is 6.10 Å². The lowest BCUT2D eigenvalue weighted by molar-refractivity contribution is -0.121. The van der Waals surface area contributed by atoms with Crippen molar-refractivity contribution < 1.29 is 9.90 Å².